The van der Waals surface area contributed by atoms with Gasteiger partial charge in [-0.1, -0.05) is 0 Å². The number of amides is 2. The van der Waals surface area contributed by atoms with E-state index in [2.05, 4.69) is 20.9 Å². The van der Waals surface area contributed by atoms with Gasteiger partial charge in [-0.05, 0) is 40.5 Å². The van der Waals surface area contributed by atoms with E-state index in [-0.39, 0.29) is 47.9 Å². The predicted molar refractivity (Wildman–Crippen MR) is 108 cm³/mol. The molecule has 8 heteroatoms. The number of nitrogens with one attached hydrogen (secondary N) is 3. The van der Waals surface area contributed by atoms with Gasteiger partial charge in [0.05, 0.1) is 0 Å². The molecule has 1 rings (SSSR count). The first-order valence-corrected chi connectivity index (χ1v) is 8.43. The van der Waals surface area contributed by atoms with Crippen LogP contribution in [0.4, 0.5) is 0 Å². The second-order valence-corrected chi connectivity index (χ2v) is 6.76. The van der Waals surface area contributed by atoms with Crippen molar-refractivity contribution >= 4 is 41.8 Å². The van der Waals surface area contributed by atoms with Gasteiger partial charge >= 0.3 is 0 Å². The fraction of sp³-hybridized carbons (Fsp3) is 0.812. The summed E-state index contributed by atoms with van der Waals surface area (Å²) in [4.78, 5) is 29.5. The van der Waals surface area contributed by atoms with Crippen LogP contribution in [0.25, 0.3) is 0 Å². The van der Waals surface area contributed by atoms with E-state index in [4.69, 9.17) is 0 Å². The van der Waals surface area contributed by atoms with Crippen molar-refractivity contribution in [2.45, 2.75) is 52.5 Å². The van der Waals surface area contributed by atoms with E-state index < -0.39 is 0 Å². The quantitative estimate of drug-likeness (QED) is 0.233. The van der Waals surface area contributed by atoms with Crippen LogP contribution in [0, 0.1) is 0 Å². The van der Waals surface area contributed by atoms with E-state index in [1.807, 2.05) is 32.6 Å². The molecule has 0 aliphatic carbocycles. The van der Waals surface area contributed by atoms with Gasteiger partial charge < -0.3 is 20.9 Å². The van der Waals surface area contributed by atoms with E-state index in [0.29, 0.717) is 12.4 Å². The van der Waals surface area contributed by atoms with E-state index in [1.165, 1.54) is 0 Å². The molecule has 1 aliphatic heterocycles. The molecule has 140 valence electrons. The summed E-state index contributed by atoms with van der Waals surface area (Å²) < 4.78 is 0. The summed E-state index contributed by atoms with van der Waals surface area (Å²) in [6, 6.07) is 0. The molecule has 2 amide bonds. The number of carbonyl (C=O) groups is 2. The van der Waals surface area contributed by atoms with Crippen LogP contribution >= 0.6 is 24.0 Å². The summed E-state index contributed by atoms with van der Waals surface area (Å²) in [6.07, 6.45) is 2.52. The van der Waals surface area contributed by atoms with Crippen LogP contribution < -0.4 is 16.0 Å². The number of halogens is 1. The summed E-state index contributed by atoms with van der Waals surface area (Å²) in [6.45, 7) is 11.0. The number of aliphatic imine (C=N–C) groups is 1. The Balaban J connectivity index is 0.00000529. The highest BCUT2D eigenvalue weighted by Crippen LogP contribution is 2.09. The number of rotatable bonds is 7. The number of hydrogen-bond donors (Lipinski definition) is 3. The largest absolute Gasteiger partial charge is 0.357 e. The molecule has 0 radical (unpaired) electrons. The highest BCUT2D eigenvalue weighted by Gasteiger charge is 2.19. The fourth-order valence-corrected chi connectivity index (χ4v) is 2.37. The van der Waals surface area contributed by atoms with E-state index in [0.717, 1.165) is 39.0 Å². The molecule has 1 fully saturated rings. The topological polar surface area (TPSA) is 85.8 Å². The van der Waals surface area contributed by atoms with E-state index >= 15 is 0 Å². The first-order valence-electron chi connectivity index (χ1n) is 8.43. The van der Waals surface area contributed by atoms with Crippen molar-refractivity contribution < 1.29 is 9.59 Å². The Morgan fingerprint density at radius 2 is 2.00 bits per heavy atom. The van der Waals surface area contributed by atoms with Gasteiger partial charge in [-0.3, -0.25) is 9.59 Å². The molecule has 0 aromatic carbocycles. The summed E-state index contributed by atoms with van der Waals surface area (Å²) in [5.74, 6) is 0.783. The zero-order chi connectivity index (χ0) is 17.3. The number of carbonyl (C=O) groups excluding carboxylic acids is 2. The van der Waals surface area contributed by atoms with Crippen molar-refractivity contribution in [1.82, 2.24) is 20.9 Å². The first-order chi connectivity index (χ1) is 10.8. The maximum Gasteiger partial charge on any atom is 0.242 e. The number of guanidine groups is 1. The van der Waals surface area contributed by atoms with E-state index in [1.54, 1.807) is 0 Å². The zero-order valence-electron chi connectivity index (χ0n) is 15.3. The molecule has 0 aromatic heterocycles. The van der Waals surface area contributed by atoms with Crippen LogP contribution in [-0.4, -0.2) is 60.9 Å². The Morgan fingerprint density at radius 1 is 1.29 bits per heavy atom. The molecular formula is C16H32IN5O2. The third kappa shape index (κ3) is 9.94. The van der Waals surface area contributed by atoms with Crippen LogP contribution in [0.3, 0.4) is 0 Å². The predicted octanol–water partition coefficient (Wildman–Crippen LogP) is 1.09. The van der Waals surface area contributed by atoms with Crippen molar-refractivity contribution in [1.29, 1.82) is 0 Å². The van der Waals surface area contributed by atoms with Crippen LogP contribution in [-0.2, 0) is 9.59 Å². The molecular weight excluding hydrogens is 421 g/mol. The lowest BCUT2D eigenvalue weighted by Gasteiger charge is -2.20. The molecule has 3 N–H and O–H groups in total. The van der Waals surface area contributed by atoms with Gasteiger partial charge in [-0.25, -0.2) is 4.99 Å². The van der Waals surface area contributed by atoms with Crippen molar-refractivity contribution in [3.63, 3.8) is 0 Å². The minimum absolute atomic E-state index is 0. The molecule has 1 aliphatic rings. The van der Waals surface area contributed by atoms with Crippen LogP contribution in [0.2, 0.25) is 0 Å². The summed E-state index contributed by atoms with van der Waals surface area (Å²) in [7, 11) is 0. The third-order valence-corrected chi connectivity index (χ3v) is 3.31. The molecule has 0 saturated carbocycles. The van der Waals surface area contributed by atoms with E-state index in [9.17, 15) is 9.59 Å². The minimum Gasteiger partial charge on any atom is -0.357 e. The first kappa shape index (κ1) is 22.9. The maximum atomic E-state index is 11.8. The second-order valence-electron chi connectivity index (χ2n) is 6.76. The van der Waals surface area contributed by atoms with Gasteiger partial charge in [0, 0.05) is 38.1 Å². The maximum absolute atomic E-state index is 11.8. The lowest BCUT2D eigenvalue weighted by atomic mass is 10.1. The SMILES string of the molecule is CCNC(=NCC(=O)NC(C)(C)C)NCCCN1CCCC1=O.I. The molecule has 0 bridgehead atoms. The van der Waals surface area contributed by atoms with Gasteiger partial charge in [0.15, 0.2) is 5.96 Å². The van der Waals surface area contributed by atoms with Crippen LogP contribution in [0.1, 0.15) is 47.0 Å². The summed E-state index contributed by atoms with van der Waals surface area (Å²) in [5.41, 5.74) is -0.249. The average molecular weight is 453 g/mol. The van der Waals surface area contributed by atoms with Gasteiger partial charge in [0.25, 0.3) is 0 Å². The highest BCUT2D eigenvalue weighted by molar-refractivity contribution is 14.0. The molecule has 7 nitrogen and oxygen atoms in total. The molecule has 0 atom stereocenters. The van der Waals surface area contributed by atoms with Crippen molar-refractivity contribution in [3.8, 4) is 0 Å². The second kappa shape index (κ2) is 11.5. The highest BCUT2D eigenvalue weighted by atomic mass is 127. The Labute approximate surface area is 162 Å². The fourth-order valence-electron chi connectivity index (χ4n) is 2.37. The zero-order valence-corrected chi connectivity index (χ0v) is 17.6. The van der Waals surface area contributed by atoms with Crippen molar-refractivity contribution in [3.05, 3.63) is 0 Å². The average Bonchev–Trinajstić information content (AvgIpc) is 2.84. The lowest BCUT2D eigenvalue weighted by molar-refractivity contribution is -0.127. The normalized spacial score (nSPS) is 15.1. The Morgan fingerprint density at radius 3 is 2.54 bits per heavy atom. The standard InChI is InChI=1S/C16H31N5O2.HI/c1-5-17-15(19-12-13(22)20-16(2,3)4)18-9-7-11-21-10-6-8-14(21)23;/h5-12H2,1-4H3,(H,20,22)(H2,17,18,19);1H. The monoisotopic (exact) mass is 453 g/mol. The lowest BCUT2D eigenvalue weighted by Crippen LogP contribution is -2.43. The number of nitrogens with zero attached hydrogens (tertiary/aromatic N) is 2. The van der Waals surface area contributed by atoms with Gasteiger partial charge in [0.2, 0.25) is 11.8 Å². The van der Waals surface area contributed by atoms with Crippen molar-refractivity contribution in [2.75, 3.05) is 32.7 Å². The van der Waals surface area contributed by atoms with Gasteiger partial charge in [-0.2, -0.15) is 0 Å². The van der Waals surface area contributed by atoms with Gasteiger partial charge in [-0.15, -0.1) is 24.0 Å². The van der Waals surface area contributed by atoms with Crippen molar-refractivity contribution in [2.24, 2.45) is 4.99 Å². The van der Waals surface area contributed by atoms with Crippen LogP contribution in [0.15, 0.2) is 4.99 Å². The molecule has 0 aromatic rings. The van der Waals surface area contributed by atoms with Crippen LogP contribution in [0.5, 0.6) is 0 Å². The summed E-state index contributed by atoms with van der Waals surface area (Å²) >= 11 is 0. The molecule has 0 spiro atoms. The Hall–Kier alpha value is -1.06. The third-order valence-electron chi connectivity index (χ3n) is 3.31. The molecule has 1 heterocycles. The Kier molecular flexibility index (Phi) is 11.0. The number of likely N-dealkylation sites (tertiary alicyclic amines) is 1. The summed E-state index contributed by atoms with van der Waals surface area (Å²) in [5, 5.41) is 9.20. The Bertz CT molecular complexity index is 435. The van der Waals surface area contributed by atoms with Gasteiger partial charge in [0.1, 0.15) is 6.54 Å². The minimum atomic E-state index is -0.249. The molecule has 1 saturated heterocycles. The smallest absolute Gasteiger partial charge is 0.242 e. The molecule has 0 unspecified atom stereocenters. The molecule has 24 heavy (non-hydrogen) atoms. The number of hydrogen-bond acceptors (Lipinski definition) is 3.